The number of carbonyl (C=O) groups is 2. The highest BCUT2D eigenvalue weighted by atomic mass is 35.5. The SMILES string of the molecule is COc1cc(/C=C/C(=O)OCC(=O)NCc2ccc(C)c(F)c2)cc(Cl)c1OC. The first-order valence-electron chi connectivity index (χ1n) is 8.62. The number of nitrogens with one attached hydrogen (secondary N) is 1. The third-order valence-electron chi connectivity index (χ3n) is 3.94. The van der Waals surface area contributed by atoms with Crippen molar-refractivity contribution in [3.05, 3.63) is 63.9 Å². The molecular formula is C21H21ClFNO5. The van der Waals surface area contributed by atoms with Crippen LogP contribution in [0.5, 0.6) is 11.5 Å². The molecule has 29 heavy (non-hydrogen) atoms. The summed E-state index contributed by atoms with van der Waals surface area (Å²) >= 11 is 6.10. The highest BCUT2D eigenvalue weighted by molar-refractivity contribution is 6.32. The van der Waals surface area contributed by atoms with Crippen LogP contribution < -0.4 is 14.8 Å². The second kappa shape index (κ2) is 10.5. The maximum atomic E-state index is 13.5. The molecule has 0 spiro atoms. The van der Waals surface area contributed by atoms with Gasteiger partial charge in [-0.1, -0.05) is 23.7 Å². The minimum Gasteiger partial charge on any atom is -0.493 e. The first-order chi connectivity index (χ1) is 13.8. The van der Waals surface area contributed by atoms with Crippen molar-refractivity contribution in [1.29, 1.82) is 0 Å². The van der Waals surface area contributed by atoms with E-state index < -0.39 is 18.5 Å². The first-order valence-corrected chi connectivity index (χ1v) is 9.00. The van der Waals surface area contributed by atoms with Gasteiger partial charge in [0.15, 0.2) is 18.1 Å². The molecule has 0 fully saturated rings. The van der Waals surface area contributed by atoms with Crippen LogP contribution in [0.4, 0.5) is 4.39 Å². The van der Waals surface area contributed by atoms with Gasteiger partial charge in [0.25, 0.3) is 5.91 Å². The molecule has 0 aliphatic rings. The topological polar surface area (TPSA) is 73.9 Å². The predicted octanol–water partition coefficient (Wildman–Crippen LogP) is 3.68. The van der Waals surface area contributed by atoms with Crippen LogP contribution in [0.2, 0.25) is 5.02 Å². The van der Waals surface area contributed by atoms with Gasteiger partial charge < -0.3 is 19.5 Å². The Morgan fingerprint density at radius 2 is 1.93 bits per heavy atom. The van der Waals surface area contributed by atoms with Gasteiger partial charge in [-0.25, -0.2) is 9.18 Å². The highest BCUT2D eigenvalue weighted by Gasteiger charge is 2.10. The Hall–Kier alpha value is -3.06. The van der Waals surface area contributed by atoms with Gasteiger partial charge >= 0.3 is 5.97 Å². The quantitative estimate of drug-likeness (QED) is 0.520. The fourth-order valence-electron chi connectivity index (χ4n) is 2.38. The normalized spacial score (nSPS) is 10.7. The molecule has 6 nitrogen and oxygen atoms in total. The fourth-order valence-corrected chi connectivity index (χ4v) is 2.68. The maximum absolute atomic E-state index is 13.5. The first kappa shape index (κ1) is 22.2. The number of hydrogen-bond donors (Lipinski definition) is 1. The second-order valence-electron chi connectivity index (χ2n) is 6.04. The van der Waals surface area contributed by atoms with Crippen molar-refractivity contribution in [3.8, 4) is 11.5 Å². The highest BCUT2D eigenvalue weighted by Crippen LogP contribution is 2.36. The Labute approximate surface area is 173 Å². The van der Waals surface area contributed by atoms with Crippen molar-refractivity contribution >= 4 is 29.6 Å². The molecule has 0 atom stereocenters. The average Bonchev–Trinajstić information content (AvgIpc) is 2.71. The second-order valence-corrected chi connectivity index (χ2v) is 6.45. The molecule has 0 unspecified atom stereocenters. The number of aryl methyl sites for hydroxylation is 1. The van der Waals surface area contributed by atoms with Crippen molar-refractivity contribution in [3.63, 3.8) is 0 Å². The summed E-state index contributed by atoms with van der Waals surface area (Å²) in [4.78, 5) is 23.6. The van der Waals surface area contributed by atoms with Crippen LogP contribution in [0.15, 0.2) is 36.4 Å². The van der Waals surface area contributed by atoms with Crippen molar-refractivity contribution in [1.82, 2.24) is 5.32 Å². The molecule has 0 aliphatic heterocycles. The molecule has 0 aromatic heterocycles. The molecule has 1 N–H and O–H groups in total. The van der Waals surface area contributed by atoms with E-state index in [9.17, 15) is 14.0 Å². The number of benzene rings is 2. The molecule has 0 bridgehead atoms. The lowest BCUT2D eigenvalue weighted by molar-refractivity contribution is -0.143. The molecule has 0 heterocycles. The lowest BCUT2D eigenvalue weighted by atomic mass is 10.1. The third-order valence-corrected chi connectivity index (χ3v) is 4.22. The summed E-state index contributed by atoms with van der Waals surface area (Å²) in [5.74, 6) is -0.739. The van der Waals surface area contributed by atoms with E-state index in [1.54, 1.807) is 31.2 Å². The molecule has 2 aromatic carbocycles. The van der Waals surface area contributed by atoms with Gasteiger partial charge in [0.1, 0.15) is 5.82 Å². The number of esters is 1. The van der Waals surface area contributed by atoms with E-state index in [4.69, 9.17) is 25.8 Å². The van der Waals surface area contributed by atoms with Crippen LogP contribution in [-0.2, 0) is 20.9 Å². The van der Waals surface area contributed by atoms with Gasteiger partial charge in [-0.2, -0.15) is 0 Å². The molecule has 1 amide bonds. The minimum atomic E-state index is -0.701. The number of rotatable bonds is 8. The summed E-state index contributed by atoms with van der Waals surface area (Å²) in [5, 5.41) is 2.88. The van der Waals surface area contributed by atoms with E-state index in [2.05, 4.69) is 5.32 Å². The summed E-state index contributed by atoms with van der Waals surface area (Å²) in [6, 6.07) is 7.92. The molecule has 0 saturated heterocycles. The molecule has 154 valence electrons. The lowest BCUT2D eigenvalue weighted by Crippen LogP contribution is -2.28. The number of carbonyl (C=O) groups excluding carboxylic acids is 2. The summed E-state index contributed by atoms with van der Waals surface area (Å²) in [6.07, 6.45) is 2.64. The van der Waals surface area contributed by atoms with Gasteiger partial charge in [-0.05, 0) is 47.9 Å². The zero-order valence-corrected chi connectivity index (χ0v) is 17.0. The van der Waals surface area contributed by atoms with E-state index >= 15 is 0 Å². The number of methoxy groups -OCH3 is 2. The predicted molar refractivity (Wildman–Crippen MR) is 108 cm³/mol. The van der Waals surface area contributed by atoms with E-state index in [-0.39, 0.29) is 12.4 Å². The lowest BCUT2D eigenvalue weighted by Gasteiger charge is -2.10. The van der Waals surface area contributed by atoms with Gasteiger partial charge in [-0.15, -0.1) is 0 Å². The Kier molecular flexibility index (Phi) is 8.03. The third kappa shape index (κ3) is 6.50. The average molecular weight is 422 g/mol. The standard InChI is InChI=1S/C21H21ClFNO5/c1-13-4-5-15(9-17(13)23)11-24-19(25)12-29-20(26)7-6-14-8-16(22)21(28-3)18(10-14)27-2/h4-10H,11-12H2,1-3H3,(H,24,25)/b7-6+. The van der Waals surface area contributed by atoms with E-state index in [1.807, 2.05) is 0 Å². The van der Waals surface area contributed by atoms with Crippen LogP contribution in [0, 0.1) is 12.7 Å². The zero-order valence-electron chi connectivity index (χ0n) is 16.3. The smallest absolute Gasteiger partial charge is 0.331 e. The Morgan fingerprint density at radius 3 is 2.59 bits per heavy atom. The molecule has 2 aromatic rings. The number of hydrogen-bond acceptors (Lipinski definition) is 5. The van der Waals surface area contributed by atoms with Crippen LogP contribution >= 0.6 is 11.6 Å². The van der Waals surface area contributed by atoms with E-state index in [0.717, 1.165) is 0 Å². The molecule has 0 aliphatic carbocycles. The summed E-state index contributed by atoms with van der Waals surface area (Å²) in [7, 11) is 2.94. The van der Waals surface area contributed by atoms with E-state index in [1.165, 1.54) is 32.4 Å². The van der Waals surface area contributed by atoms with Crippen LogP contribution in [0.1, 0.15) is 16.7 Å². The fraction of sp³-hybridized carbons (Fsp3) is 0.238. The van der Waals surface area contributed by atoms with Crippen LogP contribution in [-0.4, -0.2) is 32.7 Å². The summed E-state index contributed by atoms with van der Waals surface area (Å²) in [5.41, 5.74) is 1.73. The van der Waals surface area contributed by atoms with Gasteiger partial charge in [0, 0.05) is 12.6 Å². The van der Waals surface area contributed by atoms with Crippen molar-refractivity contribution in [2.45, 2.75) is 13.5 Å². The van der Waals surface area contributed by atoms with Gasteiger partial charge in [0.05, 0.1) is 19.2 Å². The van der Waals surface area contributed by atoms with Crippen LogP contribution in [0.25, 0.3) is 6.08 Å². The largest absolute Gasteiger partial charge is 0.493 e. The molecule has 0 radical (unpaired) electrons. The molecular weight excluding hydrogens is 401 g/mol. The van der Waals surface area contributed by atoms with Crippen molar-refractivity contribution in [2.24, 2.45) is 0 Å². The Bertz CT molecular complexity index is 930. The van der Waals surface area contributed by atoms with Crippen molar-refractivity contribution in [2.75, 3.05) is 20.8 Å². The maximum Gasteiger partial charge on any atom is 0.331 e. The Morgan fingerprint density at radius 1 is 1.17 bits per heavy atom. The minimum absolute atomic E-state index is 0.133. The summed E-state index contributed by atoms with van der Waals surface area (Å²) < 4.78 is 28.7. The van der Waals surface area contributed by atoms with E-state index in [0.29, 0.717) is 33.2 Å². The number of halogens is 2. The zero-order chi connectivity index (χ0) is 21.4. The van der Waals surface area contributed by atoms with Crippen LogP contribution in [0.3, 0.4) is 0 Å². The Balaban J connectivity index is 1.85. The summed E-state index contributed by atoms with van der Waals surface area (Å²) in [6.45, 7) is 1.33. The molecule has 2 rings (SSSR count). The van der Waals surface area contributed by atoms with Crippen molar-refractivity contribution < 1.29 is 28.2 Å². The molecule has 0 saturated carbocycles. The number of amides is 1. The number of ether oxygens (including phenoxy) is 3. The monoisotopic (exact) mass is 421 g/mol. The molecule has 8 heteroatoms. The van der Waals surface area contributed by atoms with Gasteiger partial charge in [0.2, 0.25) is 0 Å². The van der Waals surface area contributed by atoms with Gasteiger partial charge in [-0.3, -0.25) is 4.79 Å².